The predicted octanol–water partition coefficient (Wildman–Crippen LogP) is 2.84. The maximum absolute atomic E-state index is 12.3. The van der Waals surface area contributed by atoms with Gasteiger partial charge in [-0.05, 0) is 38.1 Å². The Labute approximate surface area is 107 Å². The molecule has 0 radical (unpaired) electrons. The molecule has 0 bridgehead atoms. The summed E-state index contributed by atoms with van der Waals surface area (Å²) in [7, 11) is 0. The van der Waals surface area contributed by atoms with E-state index in [1.807, 2.05) is 0 Å². The van der Waals surface area contributed by atoms with Crippen molar-refractivity contribution in [3.63, 3.8) is 0 Å². The Kier molecular flexibility index (Phi) is 4.90. The van der Waals surface area contributed by atoms with Crippen LogP contribution in [0, 0.1) is 5.92 Å². The lowest BCUT2D eigenvalue weighted by atomic mass is 9.77. The van der Waals surface area contributed by atoms with Crippen LogP contribution in [0.5, 0.6) is 0 Å². The second kappa shape index (κ2) is 6.24. The van der Waals surface area contributed by atoms with Gasteiger partial charge >= 0.3 is 6.18 Å². The van der Waals surface area contributed by atoms with Crippen molar-refractivity contribution in [2.45, 2.75) is 63.2 Å². The van der Waals surface area contributed by atoms with Crippen LogP contribution in [0.3, 0.4) is 0 Å². The molecule has 1 saturated heterocycles. The molecule has 5 heteroatoms. The van der Waals surface area contributed by atoms with E-state index in [-0.39, 0.29) is 6.04 Å². The van der Waals surface area contributed by atoms with E-state index < -0.39 is 12.7 Å². The highest BCUT2D eigenvalue weighted by molar-refractivity contribution is 4.90. The molecule has 2 fully saturated rings. The molecular formula is C13H23F3N2. The Morgan fingerprint density at radius 3 is 2.39 bits per heavy atom. The summed E-state index contributed by atoms with van der Waals surface area (Å²) in [5.41, 5.74) is 0. The predicted molar refractivity (Wildman–Crippen MR) is 65.4 cm³/mol. The van der Waals surface area contributed by atoms with E-state index in [9.17, 15) is 13.2 Å². The summed E-state index contributed by atoms with van der Waals surface area (Å²) in [4.78, 5) is 0. The van der Waals surface area contributed by atoms with Gasteiger partial charge in [-0.1, -0.05) is 19.3 Å². The Hall–Kier alpha value is -0.290. The first-order valence-electron chi connectivity index (χ1n) is 7.10. The summed E-state index contributed by atoms with van der Waals surface area (Å²) in [6.07, 6.45) is 3.60. The Morgan fingerprint density at radius 1 is 1.00 bits per heavy atom. The molecule has 1 aliphatic carbocycles. The van der Waals surface area contributed by atoms with Crippen molar-refractivity contribution in [1.82, 2.24) is 10.6 Å². The molecule has 3 atom stereocenters. The Morgan fingerprint density at radius 2 is 1.72 bits per heavy atom. The average molecular weight is 264 g/mol. The summed E-state index contributed by atoms with van der Waals surface area (Å²) in [6.45, 7) is 0.175. The van der Waals surface area contributed by atoms with Crippen molar-refractivity contribution < 1.29 is 13.2 Å². The van der Waals surface area contributed by atoms with Gasteiger partial charge in [0.1, 0.15) is 0 Å². The minimum Gasteiger partial charge on any atom is -0.314 e. The molecule has 0 spiro atoms. The molecule has 2 N–H and O–H groups in total. The lowest BCUT2D eigenvalue weighted by Gasteiger charge is -2.40. The standard InChI is InChI=1S/C13H23F3N2/c14-13(15,16)9-18-12-6-2-1-5-10(12)11-7-3-4-8-17-11/h10-12,17-18H,1-9H2. The van der Waals surface area contributed by atoms with Gasteiger partial charge in [0, 0.05) is 12.1 Å². The molecule has 2 aliphatic rings. The number of halogens is 3. The first kappa shape index (κ1) is 14.1. The number of piperidine rings is 1. The van der Waals surface area contributed by atoms with Gasteiger partial charge in [0.05, 0.1) is 6.54 Å². The third-order valence-electron chi connectivity index (χ3n) is 4.25. The monoisotopic (exact) mass is 264 g/mol. The minimum absolute atomic E-state index is 0.0379. The maximum atomic E-state index is 12.3. The molecule has 3 unspecified atom stereocenters. The maximum Gasteiger partial charge on any atom is 0.401 e. The molecule has 0 aromatic heterocycles. The molecule has 2 rings (SSSR count). The van der Waals surface area contributed by atoms with Crippen LogP contribution in [0.2, 0.25) is 0 Å². The lowest BCUT2D eigenvalue weighted by molar-refractivity contribution is -0.127. The molecule has 0 amide bonds. The van der Waals surface area contributed by atoms with E-state index in [1.54, 1.807) is 0 Å². The largest absolute Gasteiger partial charge is 0.401 e. The molecule has 1 saturated carbocycles. The molecular weight excluding hydrogens is 241 g/mol. The molecule has 1 aliphatic heterocycles. The van der Waals surface area contributed by atoms with Gasteiger partial charge in [-0.25, -0.2) is 0 Å². The van der Waals surface area contributed by atoms with Crippen LogP contribution in [0.25, 0.3) is 0 Å². The molecule has 0 aromatic carbocycles. The fraction of sp³-hybridized carbons (Fsp3) is 1.00. The Balaban J connectivity index is 1.88. The van der Waals surface area contributed by atoms with Crippen LogP contribution in [0.15, 0.2) is 0 Å². The summed E-state index contributed by atoms with van der Waals surface area (Å²) in [6, 6.07) is 0.459. The van der Waals surface area contributed by atoms with Gasteiger partial charge < -0.3 is 10.6 Å². The van der Waals surface area contributed by atoms with Crippen LogP contribution in [0.1, 0.15) is 44.9 Å². The highest BCUT2D eigenvalue weighted by atomic mass is 19.4. The van der Waals surface area contributed by atoms with Crippen molar-refractivity contribution in [2.24, 2.45) is 5.92 Å². The average Bonchev–Trinajstić information content (AvgIpc) is 2.37. The summed E-state index contributed by atoms with van der Waals surface area (Å²) in [5, 5.41) is 6.24. The van der Waals surface area contributed by atoms with Crippen LogP contribution in [0.4, 0.5) is 13.2 Å². The van der Waals surface area contributed by atoms with E-state index in [2.05, 4.69) is 10.6 Å². The fourth-order valence-electron chi connectivity index (χ4n) is 3.39. The summed E-state index contributed by atoms with van der Waals surface area (Å²) >= 11 is 0. The zero-order valence-electron chi connectivity index (χ0n) is 10.7. The lowest BCUT2D eigenvalue weighted by Crippen LogP contribution is -2.52. The zero-order chi connectivity index (χ0) is 13.0. The van der Waals surface area contributed by atoms with Gasteiger partial charge in [-0.15, -0.1) is 0 Å². The highest BCUT2D eigenvalue weighted by Crippen LogP contribution is 2.31. The number of alkyl halides is 3. The first-order valence-corrected chi connectivity index (χ1v) is 7.10. The van der Waals surface area contributed by atoms with Gasteiger partial charge in [0.15, 0.2) is 0 Å². The molecule has 2 nitrogen and oxygen atoms in total. The quantitative estimate of drug-likeness (QED) is 0.819. The van der Waals surface area contributed by atoms with E-state index in [0.29, 0.717) is 12.0 Å². The molecule has 18 heavy (non-hydrogen) atoms. The Bertz CT molecular complexity index is 249. The second-order valence-corrected chi connectivity index (χ2v) is 5.61. The van der Waals surface area contributed by atoms with Gasteiger partial charge in [-0.2, -0.15) is 13.2 Å². The zero-order valence-corrected chi connectivity index (χ0v) is 10.7. The van der Waals surface area contributed by atoms with Gasteiger partial charge in [-0.3, -0.25) is 0 Å². The van der Waals surface area contributed by atoms with Crippen molar-refractivity contribution in [1.29, 1.82) is 0 Å². The smallest absolute Gasteiger partial charge is 0.314 e. The number of rotatable bonds is 3. The molecule has 1 heterocycles. The van der Waals surface area contributed by atoms with Crippen molar-refractivity contribution in [3.8, 4) is 0 Å². The normalized spacial score (nSPS) is 34.5. The van der Waals surface area contributed by atoms with E-state index in [4.69, 9.17) is 0 Å². The summed E-state index contributed by atoms with van der Waals surface area (Å²) in [5.74, 6) is 0.376. The van der Waals surface area contributed by atoms with Crippen LogP contribution < -0.4 is 10.6 Å². The molecule has 106 valence electrons. The van der Waals surface area contributed by atoms with E-state index in [1.165, 1.54) is 12.8 Å². The number of hydrogen-bond acceptors (Lipinski definition) is 2. The van der Waals surface area contributed by atoms with Crippen LogP contribution in [-0.2, 0) is 0 Å². The third kappa shape index (κ3) is 4.12. The fourth-order valence-corrected chi connectivity index (χ4v) is 3.39. The third-order valence-corrected chi connectivity index (χ3v) is 4.25. The highest BCUT2D eigenvalue weighted by Gasteiger charge is 2.35. The van der Waals surface area contributed by atoms with Gasteiger partial charge in [0.25, 0.3) is 0 Å². The first-order chi connectivity index (χ1) is 8.56. The second-order valence-electron chi connectivity index (χ2n) is 5.61. The van der Waals surface area contributed by atoms with Crippen LogP contribution in [-0.4, -0.2) is 31.3 Å². The molecule has 0 aromatic rings. The van der Waals surface area contributed by atoms with Crippen molar-refractivity contribution in [3.05, 3.63) is 0 Å². The van der Waals surface area contributed by atoms with Crippen molar-refractivity contribution in [2.75, 3.05) is 13.1 Å². The van der Waals surface area contributed by atoms with E-state index in [0.717, 1.165) is 38.6 Å². The van der Waals surface area contributed by atoms with Crippen LogP contribution >= 0.6 is 0 Å². The topological polar surface area (TPSA) is 24.1 Å². The van der Waals surface area contributed by atoms with Crippen molar-refractivity contribution >= 4 is 0 Å². The number of nitrogens with one attached hydrogen (secondary N) is 2. The SMILES string of the molecule is FC(F)(F)CNC1CCCCC1C1CCCCN1. The minimum atomic E-state index is -4.10. The number of hydrogen-bond donors (Lipinski definition) is 2. The van der Waals surface area contributed by atoms with Gasteiger partial charge in [0.2, 0.25) is 0 Å². The summed E-state index contributed by atoms with van der Waals surface area (Å²) < 4.78 is 36.9. The van der Waals surface area contributed by atoms with E-state index >= 15 is 0 Å².